The highest BCUT2D eigenvalue weighted by Crippen LogP contribution is 2.32. The van der Waals surface area contributed by atoms with E-state index in [4.69, 9.17) is 11.6 Å². The van der Waals surface area contributed by atoms with Crippen LogP contribution in [-0.2, 0) is 0 Å². The molecule has 5 rings (SSSR count). The minimum Gasteiger partial charge on any atom is -0.366 e. The van der Waals surface area contributed by atoms with Crippen molar-refractivity contribution >= 4 is 34.5 Å². The average Bonchev–Trinajstić information content (AvgIpc) is 3.46. The second-order valence-corrected chi connectivity index (χ2v) is 8.60. The van der Waals surface area contributed by atoms with Gasteiger partial charge in [-0.15, -0.1) is 0 Å². The van der Waals surface area contributed by atoms with Crippen LogP contribution in [0.1, 0.15) is 23.3 Å². The number of benzene rings is 2. The van der Waals surface area contributed by atoms with Crippen LogP contribution in [0.4, 0.5) is 11.4 Å². The molecule has 2 aromatic carbocycles. The zero-order valence-electron chi connectivity index (χ0n) is 18.3. The fraction of sp³-hybridized carbons (Fsp3) is 0.240. The molecule has 2 aromatic heterocycles. The standard InChI is InChI=1S/C25H25ClN6O/c1-27-15-19-8-5-12-31(19)23-10-3-2-9-21(23)30-25(33)22-11-13-32-24(29-22)20(16-28-32)17-6-4-7-18(26)14-17/h2-4,6-7,9-11,13-14,16,19,27H,5,8,12,15H2,1H3,(H,30,33)/t19-/m1/s1. The summed E-state index contributed by atoms with van der Waals surface area (Å²) in [6.45, 7) is 1.89. The van der Waals surface area contributed by atoms with E-state index in [1.54, 1.807) is 23.0 Å². The Morgan fingerprint density at radius 1 is 1.18 bits per heavy atom. The lowest BCUT2D eigenvalue weighted by atomic mass is 10.1. The number of aromatic nitrogens is 3. The molecule has 4 aromatic rings. The number of nitrogens with zero attached hydrogens (tertiary/aromatic N) is 4. The zero-order valence-corrected chi connectivity index (χ0v) is 19.1. The maximum absolute atomic E-state index is 13.2. The smallest absolute Gasteiger partial charge is 0.274 e. The third kappa shape index (κ3) is 4.29. The van der Waals surface area contributed by atoms with Crippen LogP contribution in [-0.4, -0.2) is 46.7 Å². The van der Waals surface area contributed by atoms with Crippen molar-refractivity contribution < 1.29 is 4.79 Å². The molecule has 3 heterocycles. The van der Waals surface area contributed by atoms with E-state index in [0.29, 0.717) is 22.4 Å². The molecule has 2 N–H and O–H groups in total. The second kappa shape index (κ2) is 9.21. The summed E-state index contributed by atoms with van der Waals surface area (Å²) in [6.07, 6.45) is 5.76. The van der Waals surface area contributed by atoms with Gasteiger partial charge in [0.25, 0.3) is 5.91 Å². The number of rotatable bonds is 6. The Hall–Kier alpha value is -3.42. The molecular formula is C25H25ClN6O. The largest absolute Gasteiger partial charge is 0.366 e. The number of carbonyl (C=O) groups is 1. The molecule has 1 aliphatic heterocycles. The SMILES string of the molecule is CNC[C@H]1CCCN1c1ccccc1NC(=O)c1ccn2ncc(-c3cccc(Cl)c3)c2n1. The van der Waals surface area contributed by atoms with Gasteiger partial charge in [-0.05, 0) is 55.8 Å². The molecular weight excluding hydrogens is 436 g/mol. The number of anilines is 2. The first-order chi connectivity index (χ1) is 16.1. The average molecular weight is 461 g/mol. The Morgan fingerprint density at radius 2 is 2.06 bits per heavy atom. The van der Waals surface area contributed by atoms with Gasteiger partial charge in [0.2, 0.25) is 0 Å². The summed E-state index contributed by atoms with van der Waals surface area (Å²) in [5.74, 6) is -0.257. The third-order valence-electron chi connectivity index (χ3n) is 6.02. The molecule has 1 aliphatic rings. The number of hydrogen-bond acceptors (Lipinski definition) is 5. The number of halogens is 1. The molecule has 1 atom stereocenters. The second-order valence-electron chi connectivity index (χ2n) is 8.17. The van der Waals surface area contributed by atoms with E-state index in [2.05, 4.69) is 31.7 Å². The number of para-hydroxylation sites is 2. The molecule has 8 heteroatoms. The summed E-state index contributed by atoms with van der Waals surface area (Å²) >= 11 is 6.16. The van der Waals surface area contributed by atoms with Crippen LogP contribution >= 0.6 is 11.6 Å². The van der Waals surface area contributed by atoms with Crippen LogP contribution in [0.5, 0.6) is 0 Å². The minimum absolute atomic E-state index is 0.257. The van der Waals surface area contributed by atoms with Crippen LogP contribution in [0.3, 0.4) is 0 Å². The van der Waals surface area contributed by atoms with Crippen molar-refractivity contribution in [2.75, 3.05) is 30.4 Å². The van der Waals surface area contributed by atoms with Gasteiger partial charge in [0, 0.05) is 35.9 Å². The number of amides is 1. The van der Waals surface area contributed by atoms with Crippen molar-refractivity contribution in [3.8, 4) is 11.1 Å². The summed E-state index contributed by atoms with van der Waals surface area (Å²) in [4.78, 5) is 20.2. The maximum Gasteiger partial charge on any atom is 0.274 e. The number of hydrogen-bond donors (Lipinski definition) is 2. The summed E-state index contributed by atoms with van der Waals surface area (Å²) in [5, 5.41) is 11.4. The van der Waals surface area contributed by atoms with Crippen molar-refractivity contribution in [2.45, 2.75) is 18.9 Å². The summed E-state index contributed by atoms with van der Waals surface area (Å²) in [7, 11) is 1.97. The van der Waals surface area contributed by atoms with Crippen LogP contribution in [0.2, 0.25) is 5.02 Å². The van der Waals surface area contributed by atoms with Crippen LogP contribution in [0.15, 0.2) is 67.0 Å². The molecule has 168 valence electrons. The molecule has 1 fully saturated rings. The molecule has 0 bridgehead atoms. The Morgan fingerprint density at radius 3 is 2.91 bits per heavy atom. The number of likely N-dealkylation sites (N-methyl/N-ethyl adjacent to an activating group) is 1. The van der Waals surface area contributed by atoms with Gasteiger partial charge in [0.05, 0.1) is 17.6 Å². The number of carbonyl (C=O) groups excluding carboxylic acids is 1. The number of fused-ring (bicyclic) bond motifs is 1. The fourth-order valence-electron chi connectivity index (χ4n) is 4.47. The Labute approximate surface area is 197 Å². The molecule has 1 amide bonds. The molecule has 7 nitrogen and oxygen atoms in total. The maximum atomic E-state index is 13.2. The van der Waals surface area contributed by atoms with E-state index in [-0.39, 0.29) is 5.91 Å². The minimum atomic E-state index is -0.257. The van der Waals surface area contributed by atoms with Crippen LogP contribution in [0.25, 0.3) is 16.8 Å². The van der Waals surface area contributed by atoms with Gasteiger partial charge in [-0.25, -0.2) is 9.50 Å². The van der Waals surface area contributed by atoms with Crippen LogP contribution < -0.4 is 15.5 Å². The molecule has 0 saturated carbocycles. The zero-order chi connectivity index (χ0) is 22.8. The van der Waals surface area contributed by atoms with Gasteiger partial charge >= 0.3 is 0 Å². The van der Waals surface area contributed by atoms with Crippen molar-refractivity contribution in [3.63, 3.8) is 0 Å². The van der Waals surface area contributed by atoms with Crippen molar-refractivity contribution in [1.82, 2.24) is 19.9 Å². The highest BCUT2D eigenvalue weighted by molar-refractivity contribution is 6.30. The highest BCUT2D eigenvalue weighted by atomic mass is 35.5. The van der Waals surface area contributed by atoms with Crippen molar-refractivity contribution in [1.29, 1.82) is 0 Å². The highest BCUT2D eigenvalue weighted by Gasteiger charge is 2.26. The lowest BCUT2D eigenvalue weighted by Gasteiger charge is -2.28. The Bertz CT molecular complexity index is 1300. The summed E-state index contributed by atoms with van der Waals surface area (Å²) < 4.78 is 1.66. The van der Waals surface area contributed by atoms with Gasteiger partial charge in [0.15, 0.2) is 5.65 Å². The van der Waals surface area contributed by atoms with E-state index in [1.807, 2.05) is 49.5 Å². The van der Waals surface area contributed by atoms with E-state index >= 15 is 0 Å². The van der Waals surface area contributed by atoms with Gasteiger partial charge < -0.3 is 15.5 Å². The van der Waals surface area contributed by atoms with E-state index in [9.17, 15) is 4.79 Å². The molecule has 0 radical (unpaired) electrons. The predicted molar refractivity (Wildman–Crippen MR) is 132 cm³/mol. The summed E-state index contributed by atoms with van der Waals surface area (Å²) in [5.41, 5.74) is 4.47. The first kappa shape index (κ1) is 21.4. The first-order valence-electron chi connectivity index (χ1n) is 11.1. The molecule has 1 saturated heterocycles. The molecule has 33 heavy (non-hydrogen) atoms. The van der Waals surface area contributed by atoms with Gasteiger partial charge in [-0.3, -0.25) is 4.79 Å². The van der Waals surface area contributed by atoms with Gasteiger partial charge in [-0.1, -0.05) is 35.9 Å². The van der Waals surface area contributed by atoms with Crippen LogP contribution in [0, 0.1) is 0 Å². The van der Waals surface area contributed by atoms with E-state index in [0.717, 1.165) is 48.4 Å². The van der Waals surface area contributed by atoms with Gasteiger partial charge in [0.1, 0.15) is 5.69 Å². The third-order valence-corrected chi connectivity index (χ3v) is 6.25. The molecule has 0 spiro atoms. The molecule has 0 aliphatic carbocycles. The quantitative estimate of drug-likeness (QED) is 0.443. The lowest BCUT2D eigenvalue weighted by molar-refractivity contribution is 0.102. The Kier molecular flexibility index (Phi) is 5.98. The lowest BCUT2D eigenvalue weighted by Crippen LogP contribution is -2.37. The predicted octanol–water partition coefficient (Wildman–Crippen LogP) is 4.49. The first-order valence-corrected chi connectivity index (χ1v) is 11.4. The fourth-order valence-corrected chi connectivity index (χ4v) is 4.66. The van der Waals surface area contributed by atoms with Crippen molar-refractivity contribution in [2.24, 2.45) is 0 Å². The normalized spacial score (nSPS) is 15.8. The monoisotopic (exact) mass is 460 g/mol. The Balaban J connectivity index is 1.44. The van der Waals surface area contributed by atoms with Crippen molar-refractivity contribution in [3.05, 3.63) is 77.7 Å². The van der Waals surface area contributed by atoms with Gasteiger partial charge in [-0.2, -0.15) is 5.10 Å². The number of nitrogens with one attached hydrogen (secondary N) is 2. The molecule has 0 unspecified atom stereocenters. The topological polar surface area (TPSA) is 74.6 Å². The van der Waals surface area contributed by atoms with E-state index in [1.165, 1.54) is 0 Å². The van der Waals surface area contributed by atoms with E-state index < -0.39 is 0 Å². The summed E-state index contributed by atoms with van der Waals surface area (Å²) in [6, 6.07) is 17.6.